The fourth-order valence-corrected chi connectivity index (χ4v) is 2.49. The quantitative estimate of drug-likeness (QED) is 0.800. The molecule has 0 spiro atoms. The molecule has 2 saturated heterocycles. The lowest BCUT2D eigenvalue weighted by molar-refractivity contribution is 0.0234. The minimum absolute atomic E-state index is 0.215. The third kappa shape index (κ3) is 4.33. The second-order valence-corrected chi connectivity index (χ2v) is 6.82. The molecule has 2 unspecified atom stereocenters. The van der Waals surface area contributed by atoms with Crippen LogP contribution in [0.2, 0.25) is 0 Å². The van der Waals surface area contributed by atoms with Gasteiger partial charge in [0.1, 0.15) is 11.2 Å². The van der Waals surface area contributed by atoms with E-state index in [0.717, 1.165) is 6.42 Å². The number of nitrogens with zero attached hydrogens (tertiary/aromatic N) is 1. The first-order valence-electron chi connectivity index (χ1n) is 7.29. The molecule has 6 nitrogen and oxygen atoms in total. The number of aliphatic hydroxyl groups is 1. The number of carbonyl (C=O) groups excluding carboxylic acids is 1. The van der Waals surface area contributed by atoms with Crippen molar-refractivity contribution >= 4 is 6.09 Å². The molecule has 2 aliphatic heterocycles. The fraction of sp³-hybridized carbons (Fsp3) is 0.929. The fourth-order valence-electron chi connectivity index (χ4n) is 2.49. The number of hydrogen-bond donors (Lipinski definition) is 2. The third-order valence-corrected chi connectivity index (χ3v) is 3.64. The molecular weight excluding hydrogens is 260 g/mol. The van der Waals surface area contributed by atoms with Gasteiger partial charge in [-0.25, -0.2) is 4.79 Å². The SMILES string of the molecule is CC(C)(C)OC(=O)N1CCC(NCC2(O)CCOC2)C1. The molecule has 0 aromatic heterocycles. The van der Waals surface area contributed by atoms with E-state index in [1.54, 1.807) is 4.90 Å². The van der Waals surface area contributed by atoms with Gasteiger partial charge in [0.05, 0.1) is 6.61 Å². The van der Waals surface area contributed by atoms with Gasteiger partial charge in [-0.1, -0.05) is 0 Å². The predicted octanol–water partition coefficient (Wildman–Crippen LogP) is 0.737. The molecule has 2 rings (SSSR count). The van der Waals surface area contributed by atoms with Crippen molar-refractivity contribution in [3.8, 4) is 0 Å². The van der Waals surface area contributed by atoms with Crippen LogP contribution in [-0.2, 0) is 9.47 Å². The minimum atomic E-state index is -0.751. The molecule has 0 aromatic carbocycles. The zero-order valence-electron chi connectivity index (χ0n) is 12.6. The summed E-state index contributed by atoms with van der Waals surface area (Å²) in [6, 6.07) is 0.215. The van der Waals surface area contributed by atoms with Crippen LogP contribution in [-0.4, -0.2) is 66.2 Å². The molecule has 2 atom stereocenters. The molecule has 2 N–H and O–H groups in total. The Hall–Kier alpha value is -0.850. The van der Waals surface area contributed by atoms with Crippen molar-refractivity contribution in [2.45, 2.75) is 50.9 Å². The van der Waals surface area contributed by atoms with Gasteiger partial charge < -0.3 is 24.8 Å². The molecule has 0 saturated carbocycles. The van der Waals surface area contributed by atoms with Gasteiger partial charge >= 0.3 is 6.09 Å². The van der Waals surface area contributed by atoms with E-state index < -0.39 is 11.2 Å². The summed E-state index contributed by atoms with van der Waals surface area (Å²) in [5.74, 6) is 0. The van der Waals surface area contributed by atoms with Gasteiger partial charge in [-0.3, -0.25) is 0 Å². The standard InChI is InChI=1S/C14H26N2O4/c1-13(2,3)20-12(17)16-6-4-11(8-16)15-9-14(18)5-7-19-10-14/h11,15,18H,4-10H2,1-3H3. The van der Waals surface area contributed by atoms with Crippen LogP contribution in [0.3, 0.4) is 0 Å². The average Bonchev–Trinajstić information content (AvgIpc) is 2.93. The number of amides is 1. The van der Waals surface area contributed by atoms with Crippen molar-refractivity contribution in [2.75, 3.05) is 32.8 Å². The first-order chi connectivity index (χ1) is 9.27. The number of ether oxygens (including phenoxy) is 2. The molecule has 0 radical (unpaired) electrons. The van der Waals surface area contributed by atoms with E-state index in [1.165, 1.54) is 0 Å². The maximum Gasteiger partial charge on any atom is 0.410 e. The summed E-state index contributed by atoms with van der Waals surface area (Å²) < 4.78 is 10.6. The van der Waals surface area contributed by atoms with Crippen LogP contribution < -0.4 is 5.32 Å². The Morgan fingerprint density at radius 3 is 2.90 bits per heavy atom. The summed E-state index contributed by atoms with van der Waals surface area (Å²) in [7, 11) is 0. The van der Waals surface area contributed by atoms with Crippen LogP contribution in [0.4, 0.5) is 4.79 Å². The highest BCUT2D eigenvalue weighted by Crippen LogP contribution is 2.19. The number of hydrogen-bond acceptors (Lipinski definition) is 5. The highest BCUT2D eigenvalue weighted by molar-refractivity contribution is 5.68. The number of carbonyl (C=O) groups is 1. The van der Waals surface area contributed by atoms with E-state index in [0.29, 0.717) is 39.3 Å². The van der Waals surface area contributed by atoms with Gasteiger partial charge in [-0.2, -0.15) is 0 Å². The Balaban J connectivity index is 1.73. The van der Waals surface area contributed by atoms with Gasteiger partial charge in [-0.15, -0.1) is 0 Å². The van der Waals surface area contributed by atoms with E-state index in [9.17, 15) is 9.90 Å². The Morgan fingerprint density at radius 2 is 2.30 bits per heavy atom. The molecule has 0 bridgehead atoms. The van der Waals surface area contributed by atoms with Crippen LogP contribution in [0.25, 0.3) is 0 Å². The van der Waals surface area contributed by atoms with Gasteiger partial charge in [0.2, 0.25) is 0 Å². The van der Waals surface area contributed by atoms with E-state index in [4.69, 9.17) is 9.47 Å². The summed E-state index contributed by atoms with van der Waals surface area (Å²) in [5, 5.41) is 13.5. The summed E-state index contributed by atoms with van der Waals surface area (Å²) in [6.07, 6.45) is 1.29. The number of likely N-dealkylation sites (tertiary alicyclic amines) is 1. The maximum absolute atomic E-state index is 11.9. The summed E-state index contributed by atoms with van der Waals surface area (Å²) in [6.45, 7) is 8.45. The number of rotatable bonds is 3. The summed E-state index contributed by atoms with van der Waals surface area (Å²) >= 11 is 0. The second kappa shape index (κ2) is 5.87. The lowest BCUT2D eigenvalue weighted by atomic mass is 10.0. The van der Waals surface area contributed by atoms with Gasteiger partial charge in [-0.05, 0) is 27.2 Å². The molecule has 6 heteroatoms. The highest BCUT2D eigenvalue weighted by atomic mass is 16.6. The first kappa shape index (κ1) is 15.5. The van der Waals surface area contributed by atoms with E-state index in [1.807, 2.05) is 20.8 Å². The van der Waals surface area contributed by atoms with Crippen LogP contribution in [0.5, 0.6) is 0 Å². The van der Waals surface area contributed by atoms with Crippen molar-refractivity contribution in [1.29, 1.82) is 0 Å². The summed E-state index contributed by atoms with van der Waals surface area (Å²) in [5.41, 5.74) is -1.21. The van der Waals surface area contributed by atoms with Crippen molar-refractivity contribution in [3.05, 3.63) is 0 Å². The van der Waals surface area contributed by atoms with Gasteiger partial charge in [0, 0.05) is 38.7 Å². The third-order valence-electron chi connectivity index (χ3n) is 3.64. The average molecular weight is 286 g/mol. The Kier molecular flexibility index (Phi) is 4.56. The molecular formula is C14H26N2O4. The summed E-state index contributed by atoms with van der Waals surface area (Å²) in [4.78, 5) is 13.7. The smallest absolute Gasteiger partial charge is 0.410 e. The van der Waals surface area contributed by atoms with E-state index >= 15 is 0 Å². The number of nitrogens with one attached hydrogen (secondary N) is 1. The molecule has 0 aromatic rings. The minimum Gasteiger partial charge on any atom is -0.444 e. The first-order valence-corrected chi connectivity index (χ1v) is 7.29. The molecule has 0 aliphatic carbocycles. The lowest BCUT2D eigenvalue weighted by Crippen LogP contribution is -2.46. The maximum atomic E-state index is 11.9. The highest BCUT2D eigenvalue weighted by Gasteiger charge is 2.35. The van der Waals surface area contributed by atoms with Crippen molar-refractivity contribution in [3.63, 3.8) is 0 Å². The monoisotopic (exact) mass is 286 g/mol. The zero-order valence-corrected chi connectivity index (χ0v) is 12.6. The molecule has 116 valence electrons. The van der Waals surface area contributed by atoms with Crippen LogP contribution in [0, 0.1) is 0 Å². The molecule has 20 heavy (non-hydrogen) atoms. The Morgan fingerprint density at radius 1 is 1.55 bits per heavy atom. The Bertz CT molecular complexity index is 348. The van der Waals surface area contributed by atoms with E-state index in [-0.39, 0.29) is 12.1 Å². The van der Waals surface area contributed by atoms with Crippen LogP contribution in [0.1, 0.15) is 33.6 Å². The van der Waals surface area contributed by atoms with Crippen LogP contribution in [0.15, 0.2) is 0 Å². The zero-order chi connectivity index (χ0) is 14.8. The van der Waals surface area contributed by atoms with Crippen molar-refractivity contribution in [1.82, 2.24) is 10.2 Å². The molecule has 2 fully saturated rings. The van der Waals surface area contributed by atoms with Crippen molar-refractivity contribution in [2.24, 2.45) is 0 Å². The van der Waals surface area contributed by atoms with Crippen LogP contribution >= 0.6 is 0 Å². The van der Waals surface area contributed by atoms with E-state index in [2.05, 4.69) is 5.32 Å². The molecule has 2 aliphatic rings. The largest absolute Gasteiger partial charge is 0.444 e. The van der Waals surface area contributed by atoms with Gasteiger partial charge in [0.25, 0.3) is 0 Å². The molecule has 1 amide bonds. The molecule has 2 heterocycles. The Labute approximate surface area is 120 Å². The second-order valence-electron chi connectivity index (χ2n) is 6.82. The normalized spacial score (nSPS) is 30.8. The topological polar surface area (TPSA) is 71.0 Å². The van der Waals surface area contributed by atoms with Gasteiger partial charge in [0.15, 0.2) is 0 Å². The predicted molar refractivity (Wildman–Crippen MR) is 74.6 cm³/mol. The lowest BCUT2D eigenvalue weighted by Gasteiger charge is -2.25. The van der Waals surface area contributed by atoms with Crippen molar-refractivity contribution < 1.29 is 19.4 Å².